The lowest BCUT2D eigenvalue weighted by molar-refractivity contribution is -0.145. The summed E-state index contributed by atoms with van der Waals surface area (Å²) in [4.78, 5) is 20.6. The van der Waals surface area contributed by atoms with Crippen LogP contribution in [-0.2, 0) is 14.3 Å². The van der Waals surface area contributed by atoms with Crippen LogP contribution in [0.3, 0.4) is 0 Å². The van der Waals surface area contributed by atoms with Gasteiger partial charge in [0.25, 0.3) is 0 Å². The van der Waals surface area contributed by atoms with E-state index in [0.29, 0.717) is 6.61 Å². The summed E-state index contributed by atoms with van der Waals surface area (Å²) < 4.78 is 4.49. The first-order valence-electron chi connectivity index (χ1n) is 5.09. The van der Waals surface area contributed by atoms with Crippen LogP contribution in [0.5, 0.6) is 0 Å². The maximum absolute atomic E-state index is 10.4. The fourth-order valence-corrected chi connectivity index (χ4v) is 0.415. The van der Waals surface area contributed by atoms with Gasteiger partial charge in [0.1, 0.15) is 12.2 Å². The summed E-state index contributed by atoms with van der Waals surface area (Å²) in [7, 11) is 0. The smallest absolute Gasteiger partial charge is 0.313 e. The molecule has 0 atom stereocenters. The lowest BCUT2D eigenvalue weighted by Gasteiger charge is -1.96. The number of ether oxygens (including phenoxy) is 1. The van der Waals surface area contributed by atoms with Crippen molar-refractivity contribution in [2.75, 3.05) is 6.61 Å². The Morgan fingerprint density at radius 2 is 1.64 bits per heavy atom. The quantitative estimate of drug-likeness (QED) is 0.520. The molecule has 0 saturated carbocycles. The summed E-state index contributed by atoms with van der Waals surface area (Å²) in [5.41, 5.74) is 0. The maximum Gasteiger partial charge on any atom is 0.313 e. The average molecular weight is 202 g/mol. The summed E-state index contributed by atoms with van der Waals surface area (Å²) in [5, 5.41) is 0. The van der Waals surface area contributed by atoms with Crippen molar-refractivity contribution in [2.24, 2.45) is 5.92 Å². The van der Waals surface area contributed by atoms with Crippen molar-refractivity contribution < 1.29 is 14.3 Å². The van der Waals surface area contributed by atoms with E-state index in [1.165, 1.54) is 13.3 Å². The number of carbonyl (C=O) groups is 2. The second-order valence-electron chi connectivity index (χ2n) is 3.49. The van der Waals surface area contributed by atoms with E-state index < -0.39 is 5.97 Å². The minimum absolute atomic E-state index is 0.103. The molecule has 0 aromatic rings. The molecule has 0 aliphatic carbocycles. The molecule has 3 nitrogen and oxygen atoms in total. The van der Waals surface area contributed by atoms with Crippen LogP contribution >= 0.6 is 0 Å². The van der Waals surface area contributed by atoms with Crippen LogP contribution in [0.2, 0.25) is 0 Å². The number of rotatable bonds is 4. The minimum atomic E-state index is -0.440. The van der Waals surface area contributed by atoms with Gasteiger partial charge in [0.05, 0.1) is 6.61 Å². The molecule has 0 N–H and O–H groups in total. The predicted octanol–water partition coefficient (Wildman–Crippen LogP) is 2.58. The van der Waals surface area contributed by atoms with E-state index in [9.17, 15) is 9.59 Å². The van der Waals surface area contributed by atoms with Gasteiger partial charge in [-0.25, -0.2) is 0 Å². The Bertz CT molecular complexity index is 162. The van der Waals surface area contributed by atoms with Gasteiger partial charge in [-0.2, -0.15) is 0 Å². The van der Waals surface area contributed by atoms with Gasteiger partial charge in [-0.3, -0.25) is 9.59 Å². The molecule has 84 valence electrons. The number of ketones is 1. The Morgan fingerprint density at radius 3 is 1.86 bits per heavy atom. The molecule has 14 heavy (non-hydrogen) atoms. The summed E-state index contributed by atoms with van der Waals surface area (Å²) in [5.74, 6) is 0.286. The molecule has 0 aliphatic heterocycles. The van der Waals surface area contributed by atoms with Gasteiger partial charge in [0.15, 0.2) is 0 Å². The number of carbonyl (C=O) groups excluding carboxylic acids is 2. The molecule has 0 unspecified atom stereocenters. The molecule has 0 aliphatic rings. The third-order valence-electron chi connectivity index (χ3n) is 1.52. The first kappa shape index (κ1) is 15.6. The summed E-state index contributed by atoms with van der Waals surface area (Å²) in [6.07, 6.45) is 1.20. The van der Waals surface area contributed by atoms with Crippen LogP contribution in [0.25, 0.3) is 0 Å². The fourth-order valence-electron chi connectivity index (χ4n) is 0.415. The van der Waals surface area contributed by atoms with E-state index in [2.05, 4.69) is 25.5 Å². The van der Waals surface area contributed by atoms with Gasteiger partial charge in [-0.05, 0) is 19.8 Å². The van der Waals surface area contributed by atoms with E-state index >= 15 is 0 Å². The van der Waals surface area contributed by atoms with Crippen molar-refractivity contribution in [2.45, 2.75) is 47.5 Å². The Kier molecular flexibility index (Phi) is 11.4. The minimum Gasteiger partial charge on any atom is -0.466 e. The third kappa shape index (κ3) is 17.3. The summed E-state index contributed by atoms with van der Waals surface area (Å²) in [6, 6.07) is 0. The zero-order chi connectivity index (χ0) is 11.6. The standard InChI is InChI=1S/C6H10O3.C5H12/c1-3-9-6(8)4-5(2)7;1-4-5(2)3/h3-4H2,1-2H3;5H,4H2,1-3H3. The topological polar surface area (TPSA) is 43.4 Å². The SMILES string of the molecule is CCC(C)C.CCOC(=O)CC(C)=O. The van der Waals surface area contributed by atoms with Crippen LogP contribution in [0.1, 0.15) is 47.5 Å². The van der Waals surface area contributed by atoms with Gasteiger partial charge in [-0.15, -0.1) is 0 Å². The zero-order valence-electron chi connectivity index (χ0n) is 9.92. The van der Waals surface area contributed by atoms with Crippen molar-refractivity contribution in [3.05, 3.63) is 0 Å². The largest absolute Gasteiger partial charge is 0.466 e. The second-order valence-corrected chi connectivity index (χ2v) is 3.49. The van der Waals surface area contributed by atoms with Gasteiger partial charge in [0.2, 0.25) is 0 Å². The molecule has 0 amide bonds. The highest BCUT2D eigenvalue weighted by molar-refractivity contribution is 5.94. The Morgan fingerprint density at radius 1 is 1.21 bits per heavy atom. The highest BCUT2D eigenvalue weighted by Crippen LogP contribution is 1.93. The van der Waals surface area contributed by atoms with E-state index in [1.54, 1.807) is 6.92 Å². The molecule has 3 heteroatoms. The number of Topliss-reactive ketones (excluding diaryl/α,β-unsaturated/α-hetero) is 1. The predicted molar refractivity (Wildman–Crippen MR) is 57.1 cm³/mol. The van der Waals surface area contributed by atoms with Gasteiger partial charge in [-0.1, -0.05) is 27.2 Å². The lowest BCUT2D eigenvalue weighted by atomic mass is 10.2. The van der Waals surface area contributed by atoms with Crippen LogP contribution in [0.15, 0.2) is 0 Å². The van der Waals surface area contributed by atoms with Crippen molar-refractivity contribution >= 4 is 11.8 Å². The van der Waals surface area contributed by atoms with Crippen LogP contribution < -0.4 is 0 Å². The normalized spacial score (nSPS) is 9.00. The molecule has 0 heterocycles. The molecule has 0 fully saturated rings. The Hall–Kier alpha value is -0.860. The molecule has 0 bridgehead atoms. The number of esters is 1. The van der Waals surface area contributed by atoms with E-state index in [-0.39, 0.29) is 12.2 Å². The average Bonchev–Trinajstić information content (AvgIpc) is 2.04. The lowest BCUT2D eigenvalue weighted by Crippen LogP contribution is -2.07. The molecule has 0 spiro atoms. The molecule has 0 aromatic carbocycles. The molecule has 0 saturated heterocycles. The van der Waals surface area contributed by atoms with Crippen LogP contribution in [-0.4, -0.2) is 18.4 Å². The highest BCUT2D eigenvalue weighted by Gasteiger charge is 2.03. The van der Waals surface area contributed by atoms with Crippen molar-refractivity contribution in [3.63, 3.8) is 0 Å². The molecular formula is C11H22O3. The summed E-state index contributed by atoms with van der Waals surface area (Å²) in [6.45, 7) is 10.0. The first-order valence-corrected chi connectivity index (χ1v) is 5.09. The van der Waals surface area contributed by atoms with Gasteiger partial charge in [0, 0.05) is 0 Å². The zero-order valence-corrected chi connectivity index (χ0v) is 9.92. The first-order chi connectivity index (χ1) is 6.43. The molecular weight excluding hydrogens is 180 g/mol. The Labute approximate surface area is 86.8 Å². The maximum atomic E-state index is 10.4. The fraction of sp³-hybridized carbons (Fsp3) is 0.818. The molecule has 0 aromatic heterocycles. The van der Waals surface area contributed by atoms with Crippen molar-refractivity contribution in [3.8, 4) is 0 Å². The van der Waals surface area contributed by atoms with Crippen LogP contribution in [0.4, 0.5) is 0 Å². The monoisotopic (exact) mass is 202 g/mol. The van der Waals surface area contributed by atoms with Gasteiger partial charge < -0.3 is 4.74 Å². The van der Waals surface area contributed by atoms with E-state index in [4.69, 9.17) is 0 Å². The number of hydrogen-bond acceptors (Lipinski definition) is 3. The molecule has 0 radical (unpaired) electrons. The number of hydrogen-bond donors (Lipinski definition) is 0. The second kappa shape index (κ2) is 10.2. The Balaban J connectivity index is 0. The third-order valence-corrected chi connectivity index (χ3v) is 1.52. The van der Waals surface area contributed by atoms with Crippen molar-refractivity contribution in [1.82, 2.24) is 0 Å². The van der Waals surface area contributed by atoms with E-state index in [0.717, 1.165) is 5.92 Å². The van der Waals surface area contributed by atoms with Gasteiger partial charge >= 0.3 is 5.97 Å². The highest BCUT2D eigenvalue weighted by atomic mass is 16.5. The van der Waals surface area contributed by atoms with E-state index in [1.807, 2.05) is 0 Å². The summed E-state index contributed by atoms with van der Waals surface area (Å²) >= 11 is 0. The van der Waals surface area contributed by atoms with Crippen molar-refractivity contribution in [1.29, 1.82) is 0 Å². The van der Waals surface area contributed by atoms with Crippen LogP contribution in [0, 0.1) is 5.92 Å². The molecule has 0 rings (SSSR count).